The number of pyridine rings is 1. The molecule has 2 nitrogen and oxygen atoms in total. The highest BCUT2D eigenvalue weighted by Gasteiger charge is 1.98. The number of hydrogen-bond acceptors (Lipinski definition) is 2. The Kier molecular flexibility index (Phi) is 1.62. The molecular weight excluding hydrogens is 174 g/mol. The Morgan fingerprint density at radius 1 is 1.33 bits per heavy atom. The van der Waals surface area contributed by atoms with Crippen molar-refractivity contribution in [2.45, 2.75) is 0 Å². The summed E-state index contributed by atoms with van der Waals surface area (Å²) in [5, 5.41) is 11.5. The smallest absolute Gasteiger partial charge is 0.211 e. The highest BCUT2D eigenvalue weighted by molar-refractivity contribution is 6.35. The molecule has 0 fully saturated rings. The standard InChI is InChI=1S/C9H6ClNO/c10-8-3-1-2-6-5-11-9(12)4-7(6)8/h1-5H,(H,11,12). The summed E-state index contributed by atoms with van der Waals surface area (Å²) in [5.41, 5.74) is 0. The first kappa shape index (κ1) is 7.37. The normalized spacial score (nSPS) is 10.4. The second-order valence-corrected chi connectivity index (χ2v) is 2.91. The van der Waals surface area contributed by atoms with Crippen LogP contribution in [0.1, 0.15) is 0 Å². The molecule has 0 spiro atoms. The molecule has 1 N–H and O–H groups in total. The molecule has 2 aromatic rings. The van der Waals surface area contributed by atoms with Crippen LogP contribution in [-0.4, -0.2) is 10.1 Å². The molecular formula is C9H6ClNO. The lowest BCUT2D eigenvalue weighted by molar-refractivity contribution is 0.454. The first-order valence-electron chi connectivity index (χ1n) is 3.50. The van der Waals surface area contributed by atoms with Crippen molar-refractivity contribution >= 4 is 22.4 Å². The van der Waals surface area contributed by atoms with E-state index in [1.54, 1.807) is 18.3 Å². The van der Waals surface area contributed by atoms with Gasteiger partial charge in [0.15, 0.2) is 0 Å². The number of nitrogens with zero attached hydrogens (tertiary/aromatic N) is 1. The second-order valence-electron chi connectivity index (χ2n) is 2.50. The highest BCUT2D eigenvalue weighted by Crippen LogP contribution is 2.24. The quantitative estimate of drug-likeness (QED) is 0.675. The molecule has 60 valence electrons. The van der Waals surface area contributed by atoms with Crippen LogP contribution >= 0.6 is 11.6 Å². The average molecular weight is 180 g/mol. The summed E-state index contributed by atoms with van der Waals surface area (Å²) in [6.07, 6.45) is 1.59. The Morgan fingerprint density at radius 3 is 3.00 bits per heavy atom. The SMILES string of the molecule is Oc1cc2c(Cl)cccc2cn1. The maximum atomic E-state index is 9.08. The molecule has 1 heterocycles. The summed E-state index contributed by atoms with van der Waals surface area (Å²) in [6.45, 7) is 0. The van der Waals surface area contributed by atoms with Gasteiger partial charge in [-0.05, 0) is 6.07 Å². The van der Waals surface area contributed by atoms with E-state index in [2.05, 4.69) is 4.98 Å². The Hall–Kier alpha value is -1.28. The van der Waals surface area contributed by atoms with Crippen LogP contribution in [0, 0.1) is 0 Å². The number of hydrogen-bond donors (Lipinski definition) is 1. The van der Waals surface area contributed by atoms with Crippen LogP contribution in [0.5, 0.6) is 5.88 Å². The molecule has 0 atom stereocenters. The monoisotopic (exact) mass is 179 g/mol. The molecule has 0 radical (unpaired) electrons. The number of fused-ring (bicyclic) bond motifs is 1. The zero-order valence-corrected chi connectivity index (χ0v) is 6.92. The number of halogens is 1. The van der Waals surface area contributed by atoms with E-state index in [0.717, 1.165) is 10.8 Å². The van der Waals surface area contributed by atoms with Gasteiger partial charge in [0.1, 0.15) is 0 Å². The fraction of sp³-hybridized carbons (Fsp3) is 0. The van der Waals surface area contributed by atoms with Crippen LogP contribution in [0.2, 0.25) is 5.02 Å². The van der Waals surface area contributed by atoms with Gasteiger partial charge in [0.2, 0.25) is 5.88 Å². The zero-order valence-electron chi connectivity index (χ0n) is 6.16. The molecule has 0 aliphatic heterocycles. The summed E-state index contributed by atoms with van der Waals surface area (Å²) in [6, 6.07) is 7.08. The molecule has 0 saturated heterocycles. The van der Waals surface area contributed by atoms with Gasteiger partial charge in [0, 0.05) is 28.1 Å². The number of rotatable bonds is 0. The Balaban J connectivity index is 2.88. The van der Waals surface area contributed by atoms with Crippen LogP contribution in [0.3, 0.4) is 0 Å². The maximum absolute atomic E-state index is 9.08. The molecule has 0 aliphatic carbocycles. The van der Waals surface area contributed by atoms with Crippen molar-refractivity contribution in [3.05, 3.63) is 35.5 Å². The van der Waals surface area contributed by atoms with E-state index in [-0.39, 0.29) is 5.88 Å². The molecule has 1 aromatic heterocycles. The number of aromatic hydroxyl groups is 1. The number of aromatic nitrogens is 1. The minimum Gasteiger partial charge on any atom is -0.493 e. The van der Waals surface area contributed by atoms with E-state index in [0.29, 0.717) is 5.02 Å². The van der Waals surface area contributed by atoms with Gasteiger partial charge in [0.25, 0.3) is 0 Å². The fourth-order valence-corrected chi connectivity index (χ4v) is 1.36. The zero-order chi connectivity index (χ0) is 8.55. The maximum Gasteiger partial charge on any atom is 0.211 e. The minimum absolute atomic E-state index is 0.00407. The van der Waals surface area contributed by atoms with Crippen molar-refractivity contribution in [1.29, 1.82) is 0 Å². The lowest BCUT2D eigenvalue weighted by Gasteiger charge is -1.98. The van der Waals surface area contributed by atoms with Gasteiger partial charge in [-0.15, -0.1) is 0 Å². The van der Waals surface area contributed by atoms with Gasteiger partial charge in [-0.1, -0.05) is 23.7 Å². The van der Waals surface area contributed by atoms with Crippen molar-refractivity contribution in [2.24, 2.45) is 0 Å². The largest absolute Gasteiger partial charge is 0.493 e. The lowest BCUT2D eigenvalue weighted by Crippen LogP contribution is -1.77. The predicted molar refractivity (Wildman–Crippen MR) is 48.4 cm³/mol. The molecule has 12 heavy (non-hydrogen) atoms. The van der Waals surface area contributed by atoms with E-state index >= 15 is 0 Å². The van der Waals surface area contributed by atoms with Crippen molar-refractivity contribution in [3.8, 4) is 5.88 Å². The third-order valence-electron chi connectivity index (χ3n) is 1.70. The topological polar surface area (TPSA) is 33.1 Å². The summed E-state index contributed by atoms with van der Waals surface area (Å²) >= 11 is 5.89. The Morgan fingerprint density at radius 2 is 2.17 bits per heavy atom. The summed E-state index contributed by atoms with van der Waals surface area (Å²) in [7, 11) is 0. The Bertz CT molecular complexity index is 428. The fourth-order valence-electron chi connectivity index (χ4n) is 1.12. The molecule has 3 heteroatoms. The number of benzene rings is 1. The molecule has 0 amide bonds. The van der Waals surface area contributed by atoms with Crippen molar-refractivity contribution in [3.63, 3.8) is 0 Å². The van der Waals surface area contributed by atoms with Crippen LogP contribution in [0.4, 0.5) is 0 Å². The third-order valence-corrected chi connectivity index (χ3v) is 2.03. The molecule has 0 saturated carbocycles. The molecule has 0 unspecified atom stereocenters. The van der Waals surface area contributed by atoms with Crippen molar-refractivity contribution in [1.82, 2.24) is 4.98 Å². The molecule has 1 aromatic carbocycles. The average Bonchev–Trinajstić information content (AvgIpc) is 2.07. The molecule has 2 rings (SSSR count). The van der Waals surface area contributed by atoms with E-state index in [4.69, 9.17) is 16.7 Å². The highest BCUT2D eigenvalue weighted by atomic mass is 35.5. The second kappa shape index (κ2) is 2.64. The molecule has 0 aliphatic rings. The summed E-state index contributed by atoms with van der Waals surface area (Å²) < 4.78 is 0. The van der Waals surface area contributed by atoms with E-state index in [1.165, 1.54) is 0 Å². The summed E-state index contributed by atoms with van der Waals surface area (Å²) in [5.74, 6) is -0.00407. The van der Waals surface area contributed by atoms with Gasteiger partial charge in [-0.25, -0.2) is 4.98 Å². The van der Waals surface area contributed by atoms with Gasteiger partial charge in [-0.2, -0.15) is 0 Å². The third kappa shape index (κ3) is 1.10. The van der Waals surface area contributed by atoms with Crippen LogP contribution in [0.15, 0.2) is 30.5 Å². The lowest BCUT2D eigenvalue weighted by atomic mass is 10.2. The molecule has 0 bridgehead atoms. The first-order valence-corrected chi connectivity index (χ1v) is 3.88. The van der Waals surface area contributed by atoms with Crippen LogP contribution in [-0.2, 0) is 0 Å². The summed E-state index contributed by atoms with van der Waals surface area (Å²) in [4.78, 5) is 3.75. The van der Waals surface area contributed by atoms with Crippen molar-refractivity contribution < 1.29 is 5.11 Å². The van der Waals surface area contributed by atoms with E-state index in [1.807, 2.05) is 12.1 Å². The Labute approximate surface area is 74.4 Å². The van der Waals surface area contributed by atoms with Gasteiger partial charge < -0.3 is 5.11 Å². The van der Waals surface area contributed by atoms with Crippen molar-refractivity contribution in [2.75, 3.05) is 0 Å². The van der Waals surface area contributed by atoms with Gasteiger partial charge in [-0.3, -0.25) is 0 Å². The van der Waals surface area contributed by atoms with E-state index < -0.39 is 0 Å². The van der Waals surface area contributed by atoms with Crippen LogP contribution < -0.4 is 0 Å². The van der Waals surface area contributed by atoms with Gasteiger partial charge >= 0.3 is 0 Å². The minimum atomic E-state index is -0.00407. The van der Waals surface area contributed by atoms with E-state index in [9.17, 15) is 0 Å². The first-order chi connectivity index (χ1) is 5.77. The van der Waals surface area contributed by atoms with Crippen LogP contribution in [0.25, 0.3) is 10.8 Å². The predicted octanol–water partition coefficient (Wildman–Crippen LogP) is 2.59. The van der Waals surface area contributed by atoms with Gasteiger partial charge in [0.05, 0.1) is 0 Å².